The summed E-state index contributed by atoms with van der Waals surface area (Å²) >= 11 is 1.31. The first-order chi connectivity index (χ1) is 10.4. The number of aromatic nitrogens is 2. The van der Waals surface area contributed by atoms with Gasteiger partial charge in [0.05, 0.1) is 29.7 Å². The molecule has 1 atom stereocenters. The molecule has 0 saturated carbocycles. The van der Waals surface area contributed by atoms with Crippen molar-refractivity contribution in [3.8, 4) is 0 Å². The number of hydrogen-bond donors (Lipinski definition) is 1. The van der Waals surface area contributed by atoms with E-state index in [4.69, 9.17) is 0 Å². The molecule has 1 aromatic heterocycles. The zero-order valence-corrected chi connectivity index (χ0v) is 14.8. The average molecular weight is 312 g/mol. The molecule has 0 fully saturated rings. The van der Waals surface area contributed by atoms with Crippen molar-refractivity contribution in [2.45, 2.75) is 90.5 Å². The van der Waals surface area contributed by atoms with Crippen molar-refractivity contribution in [3.63, 3.8) is 0 Å². The molecule has 3 nitrogen and oxygen atoms in total. The third-order valence-electron chi connectivity index (χ3n) is 4.03. The first-order valence-electron chi connectivity index (χ1n) is 8.89. The van der Waals surface area contributed by atoms with Crippen LogP contribution in [0.3, 0.4) is 0 Å². The molecular weight excluding hydrogens is 278 g/mol. The van der Waals surface area contributed by atoms with Gasteiger partial charge >= 0.3 is 0 Å². The lowest BCUT2D eigenvalue weighted by molar-refractivity contribution is 0.468. The topological polar surface area (TPSA) is 37.8 Å². The molecule has 0 saturated heterocycles. The molecule has 0 radical (unpaired) electrons. The molecule has 1 rings (SSSR count). The first-order valence-corrected chi connectivity index (χ1v) is 9.62. The van der Waals surface area contributed by atoms with Crippen LogP contribution < -0.4 is 5.32 Å². The summed E-state index contributed by atoms with van der Waals surface area (Å²) in [5.41, 5.74) is 1.12. The van der Waals surface area contributed by atoms with Gasteiger partial charge in [0.15, 0.2) is 0 Å². The number of nitrogens with zero attached hydrogens (tertiary/aromatic N) is 2. The maximum atomic E-state index is 4.37. The minimum atomic E-state index is 0.405. The lowest BCUT2D eigenvalue weighted by Crippen LogP contribution is -2.21. The Morgan fingerprint density at radius 2 is 1.57 bits per heavy atom. The normalized spacial score (nSPS) is 12.7. The van der Waals surface area contributed by atoms with Crippen molar-refractivity contribution < 1.29 is 0 Å². The van der Waals surface area contributed by atoms with E-state index in [1.165, 1.54) is 82.4 Å². The van der Waals surface area contributed by atoms with Gasteiger partial charge in [0.1, 0.15) is 0 Å². The van der Waals surface area contributed by atoms with Crippen LogP contribution in [0, 0.1) is 0 Å². The Hall–Kier alpha value is -0.480. The smallest absolute Gasteiger partial charge is 0.0912 e. The van der Waals surface area contributed by atoms with Crippen LogP contribution in [0.15, 0.2) is 6.20 Å². The van der Waals surface area contributed by atoms with Crippen LogP contribution in [-0.4, -0.2) is 15.3 Å². The molecule has 122 valence electrons. The van der Waals surface area contributed by atoms with Gasteiger partial charge in [-0.25, -0.2) is 0 Å². The number of hydrogen-bond acceptors (Lipinski definition) is 4. The fourth-order valence-electron chi connectivity index (χ4n) is 2.76. The minimum Gasteiger partial charge on any atom is -0.309 e. The SMILES string of the molecule is CCCCCCCCCCCCC(NCC)c1cnsn1. The number of unbranched alkanes of at least 4 members (excludes halogenated alkanes) is 9. The van der Waals surface area contributed by atoms with Gasteiger partial charge in [0.2, 0.25) is 0 Å². The Kier molecular flexibility index (Phi) is 11.7. The fraction of sp³-hybridized carbons (Fsp3) is 0.882. The summed E-state index contributed by atoms with van der Waals surface area (Å²) in [6.45, 7) is 5.44. The van der Waals surface area contributed by atoms with E-state index in [0.29, 0.717) is 6.04 Å². The highest BCUT2D eigenvalue weighted by Crippen LogP contribution is 2.19. The lowest BCUT2D eigenvalue weighted by Gasteiger charge is -2.14. The summed E-state index contributed by atoms with van der Waals surface area (Å²) in [6, 6.07) is 0.405. The van der Waals surface area contributed by atoms with Gasteiger partial charge in [-0.3, -0.25) is 0 Å². The van der Waals surface area contributed by atoms with Crippen LogP contribution >= 0.6 is 11.7 Å². The molecule has 1 aromatic rings. The summed E-state index contributed by atoms with van der Waals surface area (Å²) < 4.78 is 8.48. The minimum absolute atomic E-state index is 0.405. The maximum absolute atomic E-state index is 4.37. The van der Waals surface area contributed by atoms with Crippen LogP contribution in [0.1, 0.15) is 96.2 Å². The van der Waals surface area contributed by atoms with Crippen molar-refractivity contribution >= 4 is 11.7 Å². The third-order valence-corrected chi connectivity index (χ3v) is 4.52. The maximum Gasteiger partial charge on any atom is 0.0912 e. The quantitative estimate of drug-likeness (QED) is 0.461. The van der Waals surface area contributed by atoms with E-state index < -0.39 is 0 Å². The van der Waals surface area contributed by atoms with Crippen molar-refractivity contribution in [3.05, 3.63) is 11.9 Å². The van der Waals surface area contributed by atoms with E-state index in [2.05, 4.69) is 27.9 Å². The number of nitrogens with one attached hydrogen (secondary N) is 1. The van der Waals surface area contributed by atoms with Crippen LogP contribution in [0.4, 0.5) is 0 Å². The molecule has 0 aliphatic carbocycles. The molecule has 1 unspecified atom stereocenters. The van der Waals surface area contributed by atoms with Crippen molar-refractivity contribution in [1.82, 2.24) is 14.1 Å². The molecular formula is C17H33N3S. The average Bonchev–Trinajstić information content (AvgIpc) is 3.02. The standard InChI is InChI=1S/C17H33N3S/c1-3-5-6-7-8-9-10-11-12-13-14-16(18-4-2)17-15-19-21-20-17/h15-16,18H,3-14H2,1-2H3. The lowest BCUT2D eigenvalue weighted by atomic mass is 10.0. The van der Waals surface area contributed by atoms with Crippen LogP contribution in [0.25, 0.3) is 0 Å². The van der Waals surface area contributed by atoms with E-state index in [9.17, 15) is 0 Å². The second-order valence-corrected chi connectivity index (χ2v) is 6.47. The van der Waals surface area contributed by atoms with E-state index in [1.807, 2.05) is 6.20 Å². The van der Waals surface area contributed by atoms with Crippen molar-refractivity contribution in [2.24, 2.45) is 0 Å². The zero-order valence-electron chi connectivity index (χ0n) is 13.9. The highest BCUT2D eigenvalue weighted by Gasteiger charge is 2.12. The highest BCUT2D eigenvalue weighted by molar-refractivity contribution is 6.99. The molecule has 0 aromatic carbocycles. The van der Waals surface area contributed by atoms with Gasteiger partial charge in [0.25, 0.3) is 0 Å². The second kappa shape index (κ2) is 13.2. The van der Waals surface area contributed by atoms with Gasteiger partial charge < -0.3 is 5.32 Å². The van der Waals surface area contributed by atoms with Crippen LogP contribution in [0.5, 0.6) is 0 Å². The Morgan fingerprint density at radius 1 is 0.952 bits per heavy atom. The van der Waals surface area contributed by atoms with Crippen LogP contribution in [-0.2, 0) is 0 Å². The van der Waals surface area contributed by atoms with Crippen molar-refractivity contribution in [1.29, 1.82) is 0 Å². The van der Waals surface area contributed by atoms with Gasteiger partial charge in [-0.2, -0.15) is 8.75 Å². The van der Waals surface area contributed by atoms with Crippen LogP contribution in [0.2, 0.25) is 0 Å². The van der Waals surface area contributed by atoms with E-state index in [1.54, 1.807) is 0 Å². The summed E-state index contributed by atoms with van der Waals surface area (Å²) in [7, 11) is 0. The number of rotatable bonds is 14. The van der Waals surface area contributed by atoms with Gasteiger partial charge in [-0.1, -0.05) is 78.1 Å². The van der Waals surface area contributed by atoms with Gasteiger partial charge in [-0.05, 0) is 13.0 Å². The highest BCUT2D eigenvalue weighted by atomic mass is 32.1. The first kappa shape index (κ1) is 18.6. The summed E-state index contributed by atoms with van der Waals surface area (Å²) in [4.78, 5) is 0. The predicted molar refractivity (Wildman–Crippen MR) is 92.8 cm³/mol. The molecule has 4 heteroatoms. The molecule has 0 aliphatic heterocycles. The predicted octanol–water partition coefficient (Wildman–Crippen LogP) is 5.50. The molecule has 1 N–H and O–H groups in total. The molecule has 21 heavy (non-hydrogen) atoms. The Labute approximate surface area is 135 Å². The Balaban J connectivity index is 1.97. The Morgan fingerprint density at radius 3 is 2.10 bits per heavy atom. The summed E-state index contributed by atoms with van der Waals surface area (Å²) in [5.74, 6) is 0. The molecule has 0 amide bonds. The van der Waals surface area contributed by atoms with Gasteiger partial charge in [-0.15, -0.1) is 0 Å². The summed E-state index contributed by atoms with van der Waals surface area (Å²) in [5, 5.41) is 3.52. The molecule has 0 bridgehead atoms. The molecule has 1 heterocycles. The molecule has 0 spiro atoms. The molecule has 0 aliphatic rings. The Bertz CT molecular complexity index is 314. The third kappa shape index (κ3) is 9.20. The second-order valence-electron chi connectivity index (χ2n) is 5.91. The van der Waals surface area contributed by atoms with Crippen molar-refractivity contribution in [2.75, 3.05) is 6.54 Å². The zero-order chi connectivity index (χ0) is 15.2. The monoisotopic (exact) mass is 311 g/mol. The largest absolute Gasteiger partial charge is 0.309 e. The van der Waals surface area contributed by atoms with E-state index >= 15 is 0 Å². The fourth-order valence-corrected chi connectivity index (χ4v) is 3.23. The van der Waals surface area contributed by atoms with Gasteiger partial charge in [0, 0.05) is 0 Å². The van der Waals surface area contributed by atoms with E-state index in [0.717, 1.165) is 12.2 Å². The summed E-state index contributed by atoms with van der Waals surface area (Å²) in [6.07, 6.45) is 17.1. The van der Waals surface area contributed by atoms with E-state index in [-0.39, 0.29) is 0 Å².